The first-order valence-electron chi connectivity index (χ1n) is 10.1. The normalized spacial score (nSPS) is 11.2. The Balaban J connectivity index is 1.68. The smallest absolute Gasteiger partial charge is 0.203 e. The highest BCUT2D eigenvalue weighted by molar-refractivity contribution is 5.91. The molecule has 0 aliphatic rings. The van der Waals surface area contributed by atoms with E-state index in [1.165, 1.54) is 0 Å². The molecule has 0 bridgehead atoms. The van der Waals surface area contributed by atoms with Gasteiger partial charge in [-0.2, -0.15) is 5.26 Å². The average Bonchev–Trinajstić information content (AvgIpc) is 3.24. The summed E-state index contributed by atoms with van der Waals surface area (Å²) in [5.41, 5.74) is 5.00. The van der Waals surface area contributed by atoms with E-state index in [-0.39, 0.29) is 0 Å². The maximum absolute atomic E-state index is 9.77. The number of fused-ring (bicyclic) bond motifs is 1. The van der Waals surface area contributed by atoms with Gasteiger partial charge in [-0.15, -0.1) is 0 Å². The molecule has 0 aliphatic heterocycles. The van der Waals surface area contributed by atoms with Gasteiger partial charge in [-0.1, -0.05) is 36.4 Å². The number of rotatable bonds is 7. The number of nitrogens with zero attached hydrogens (tertiary/aromatic N) is 2. The quantitative estimate of drug-likeness (QED) is 0.394. The van der Waals surface area contributed by atoms with Crippen LogP contribution < -0.4 is 14.2 Å². The molecule has 0 atom stereocenters. The number of hydrogen-bond acceptors (Lipinski definition) is 5. The largest absolute Gasteiger partial charge is 0.493 e. The SMILES string of the molecule is COc1cc(/C=C(/C#N)c2nc3ccc(C)cc3[nH]2)cc(OC)c1OCc1ccccc1. The van der Waals surface area contributed by atoms with E-state index in [2.05, 4.69) is 16.0 Å². The van der Waals surface area contributed by atoms with Gasteiger partial charge in [0.15, 0.2) is 11.5 Å². The average molecular weight is 425 g/mol. The lowest BCUT2D eigenvalue weighted by atomic mass is 10.1. The molecule has 0 fully saturated rings. The molecule has 4 aromatic rings. The molecule has 0 radical (unpaired) electrons. The van der Waals surface area contributed by atoms with Crippen LogP contribution in [0.15, 0.2) is 60.7 Å². The molecule has 1 aromatic heterocycles. The van der Waals surface area contributed by atoms with Gasteiger partial charge in [-0.3, -0.25) is 0 Å². The first kappa shape index (κ1) is 21.0. The number of benzene rings is 3. The van der Waals surface area contributed by atoms with Crippen LogP contribution in [-0.2, 0) is 6.61 Å². The van der Waals surface area contributed by atoms with Gasteiger partial charge in [0.25, 0.3) is 0 Å². The Hall–Kier alpha value is -4.24. The number of aryl methyl sites for hydroxylation is 1. The van der Waals surface area contributed by atoms with Crippen molar-refractivity contribution in [3.05, 3.63) is 83.2 Å². The van der Waals surface area contributed by atoms with Crippen molar-refractivity contribution in [1.29, 1.82) is 5.26 Å². The first-order chi connectivity index (χ1) is 15.6. The summed E-state index contributed by atoms with van der Waals surface area (Å²) in [4.78, 5) is 7.78. The van der Waals surface area contributed by atoms with Gasteiger partial charge in [-0.25, -0.2) is 4.98 Å². The predicted molar refractivity (Wildman–Crippen MR) is 125 cm³/mol. The Morgan fingerprint density at radius 1 is 1.03 bits per heavy atom. The fraction of sp³-hybridized carbons (Fsp3) is 0.154. The molecule has 1 heterocycles. The summed E-state index contributed by atoms with van der Waals surface area (Å²) >= 11 is 0. The molecule has 0 amide bonds. The second-order valence-electron chi connectivity index (χ2n) is 7.30. The Morgan fingerprint density at radius 2 is 1.75 bits per heavy atom. The van der Waals surface area contributed by atoms with Crippen LogP contribution in [0.4, 0.5) is 0 Å². The third-order valence-corrected chi connectivity index (χ3v) is 5.03. The molecule has 6 nitrogen and oxygen atoms in total. The van der Waals surface area contributed by atoms with Gasteiger partial charge >= 0.3 is 0 Å². The number of methoxy groups -OCH3 is 2. The van der Waals surface area contributed by atoms with Crippen molar-refractivity contribution in [2.45, 2.75) is 13.5 Å². The summed E-state index contributed by atoms with van der Waals surface area (Å²) in [6.45, 7) is 2.39. The number of aromatic nitrogens is 2. The van der Waals surface area contributed by atoms with Crippen LogP contribution in [0, 0.1) is 18.3 Å². The topological polar surface area (TPSA) is 80.2 Å². The lowest BCUT2D eigenvalue weighted by Gasteiger charge is -2.15. The zero-order valence-electron chi connectivity index (χ0n) is 18.2. The number of ether oxygens (including phenoxy) is 3. The minimum Gasteiger partial charge on any atom is -0.493 e. The summed E-state index contributed by atoms with van der Waals surface area (Å²) in [7, 11) is 3.15. The molecule has 6 heteroatoms. The van der Waals surface area contributed by atoms with Gasteiger partial charge in [0.05, 0.1) is 30.8 Å². The fourth-order valence-electron chi connectivity index (χ4n) is 3.43. The Morgan fingerprint density at radius 3 is 2.41 bits per heavy atom. The van der Waals surface area contributed by atoms with Gasteiger partial charge in [0.1, 0.15) is 18.5 Å². The number of nitriles is 1. The summed E-state index contributed by atoms with van der Waals surface area (Å²) in [6.07, 6.45) is 1.75. The molecule has 0 saturated heterocycles. The highest BCUT2D eigenvalue weighted by Gasteiger charge is 2.15. The van der Waals surface area contributed by atoms with Crippen LogP contribution in [0.25, 0.3) is 22.7 Å². The van der Waals surface area contributed by atoms with E-state index >= 15 is 0 Å². The van der Waals surface area contributed by atoms with Gasteiger partial charge in [-0.05, 0) is 54.0 Å². The van der Waals surface area contributed by atoms with E-state index in [9.17, 15) is 5.26 Å². The van der Waals surface area contributed by atoms with Gasteiger partial charge in [0.2, 0.25) is 5.75 Å². The van der Waals surface area contributed by atoms with E-state index in [0.29, 0.717) is 35.3 Å². The highest BCUT2D eigenvalue weighted by atomic mass is 16.5. The van der Waals surface area contributed by atoms with Crippen molar-refractivity contribution in [3.8, 4) is 23.3 Å². The second-order valence-corrected chi connectivity index (χ2v) is 7.30. The van der Waals surface area contributed by atoms with Crippen molar-refractivity contribution < 1.29 is 14.2 Å². The van der Waals surface area contributed by atoms with E-state index in [0.717, 1.165) is 27.7 Å². The van der Waals surface area contributed by atoms with E-state index in [1.54, 1.807) is 20.3 Å². The van der Waals surface area contributed by atoms with Gasteiger partial charge < -0.3 is 19.2 Å². The molecule has 160 valence electrons. The van der Waals surface area contributed by atoms with Crippen molar-refractivity contribution >= 4 is 22.7 Å². The minimum absolute atomic E-state index is 0.380. The maximum Gasteiger partial charge on any atom is 0.203 e. The molecule has 1 N–H and O–H groups in total. The van der Waals surface area contributed by atoms with Crippen LogP contribution in [0.3, 0.4) is 0 Å². The number of allylic oxidation sites excluding steroid dienone is 1. The molecule has 0 aliphatic carbocycles. The number of nitrogens with one attached hydrogen (secondary N) is 1. The van der Waals surface area contributed by atoms with Crippen molar-refractivity contribution in [2.24, 2.45) is 0 Å². The third kappa shape index (κ3) is 4.42. The van der Waals surface area contributed by atoms with Crippen LogP contribution >= 0.6 is 0 Å². The van der Waals surface area contributed by atoms with E-state index in [4.69, 9.17) is 14.2 Å². The second kappa shape index (κ2) is 9.27. The van der Waals surface area contributed by atoms with Crippen molar-refractivity contribution in [2.75, 3.05) is 14.2 Å². The summed E-state index contributed by atoms with van der Waals surface area (Å²) < 4.78 is 17.1. The molecular weight excluding hydrogens is 402 g/mol. The monoisotopic (exact) mass is 425 g/mol. The lowest BCUT2D eigenvalue weighted by molar-refractivity contribution is 0.266. The van der Waals surface area contributed by atoms with Crippen LogP contribution in [0.5, 0.6) is 17.2 Å². The number of hydrogen-bond donors (Lipinski definition) is 1. The van der Waals surface area contributed by atoms with Gasteiger partial charge in [0, 0.05) is 0 Å². The highest BCUT2D eigenvalue weighted by Crippen LogP contribution is 2.40. The van der Waals surface area contributed by atoms with E-state index < -0.39 is 0 Å². The molecule has 0 spiro atoms. The molecular formula is C26H23N3O3. The lowest BCUT2D eigenvalue weighted by Crippen LogP contribution is -2.00. The summed E-state index contributed by atoms with van der Waals surface area (Å²) in [6, 6.07) is 21.7. The first-order valence-corrected chi connectivity index (χ1v) is 10.1. The zero-order valence-corrected chi connectivity index (χ0v) is 18.2. The summed E-state index contributed by atoms with van der Waals surface area (Å²) in [5, 5.41) is 9.77. The summed E-state index contributed by atoms with van der Waals surface area (Å²) in [5.74, 6) is 2.05. The van der Waals surface area contributed by atoms with Crippen molar-refractivity contribution in [3.63, 3.8) is 0 Å². The standard InChI is InChI=1S/C26H23N3O3/c1-17-9-10-21-22(11-17)29-26(28-21)20(15-27)12-19-13-23(30-2)25(24(14-19)31-3)32-16-18-7-5-4-6-8-18/h4-14H,16H2,1-3H3,(H,28,29)/b20-12-. The van der Waals surface area contributed by atoms with Crippen molar-refractivity contribution in [1.82, 2.24) is 9.97 Å². The zero-order chi connectivity index (χ0) is 22.5. The fourth-order valence-corrected chi connectivity index (χ4v) is 3.43. The third-order valence-electron chi connectivity index (χ3n) is 5.03. The van der Waals surface area contributed by atoms with E-state index in [1.807, 2.05) is 67.6 Å². The predicted octanol–water partition coefficient (Wildman–Crippen LogP) is 5.53. The van der Waals surface area contributed by atoms with Crippen LogP contribution in [0.1, 0.15) is 22.5 Å². The molecule has 0 saturated carbocycles. The number of H-pyrrole nitrogens is 1. The van der Waals surface area contributed by atoms with Crippen LogP contribution in [0.2, 0.25) is 0 Å². The molecule has 0 unspecified atom stereocenters. The number of imidazole rings is 1. The molecule has 32 heavy (non-hydrogen) atoms. The molecule has 4 rings (SSSR count). The Kier molecular flexibility index (Phi) is 6.09. The Bertz CT molecular complexity index is 1290. The number of aromatic amines is 1. The molecule has 3 aromatic carbocycles. The Labute approximate surface area is 186 Å². The minimum atomic E-state index is 0.380. The maximum atomic E-state index is 9.77. The van der Waals surface area contributed by atoms with Crippen LogP contribution in [-0.4, -0.2) is 24.2 Å².